The van der Waals surface area contributed by atoms with E-state index in [9.17, 15) is 0 Å². The summed E-state index contributed by atoms with van der Waals surface area (Å²) in [4.78, 5) is 4.49. The molecule has 140 valence electrons. The summed E-state index contributed by atoms with van der Waals surface area (Å²) in [6, 6.07) is 16.2. The van der Waals surface area contributed by atoms with Gasteiger partial charge in [-0.2, -0.15) is 0 Å². The molecule has 27 heavy (non-hydrogen) atoms. The van der Waals surface area contributed by atoms with Crippen LogP contribution in [-0.4, -0.2) is 42.3 Å². The van der Waals surface area contributed by atoms with Gasteiger partial charge in [-0.15, -0.1) is 10.2 Å². The Morgan fingerprint density at radius 2 is 1.81 bits per heavy atom. The second kappa shape index (κ2) is 7.71. The van der Waals surface area contributed by atoms with E-state index in [1.165, 1.54) is 5.56 Å². The van der Waals surface area contributed by atoms with Crippen molar-refractivity contribution >= 4 is 17.3 Å². The minimum absolute atomic E-state index is 0.291. The van der Waals surface area contributed by atoms with Crippen molar-refractivity contribution in [2.75, 3.05) is 32.1 Å². The molecule has 1 aliphatic heterocycles. The van der Waals surface area contributed by atoms with Crippen molar-refractivity contribution in [1.82, 2.24) is 15.1 Å². The van der Waals surface area contributed by atoms with Crippen LogP contribution in [0, 0.1) is 0 Å². The van der Waals surface area contributed by atoms with Crippen LogP contribution in [0.25, 0.3) is 11.5 Å². The first-order valence-corrected chi connectivity index (χ1v) is 9.54. The zero-order valence-corrected chi connectivity index (χ0v) is 16.4. The summed E-state index contributed by atoms with van der Waals surface area (Å²) in [6.07, 6.45) is 1.04. The molecule has 0 aliphatic carbocycles. The minimum atomic E-state index is 0.291. The van der Waals surface area contributed by atoms with E-state index in [1.807, 2.05) is 38.4 Å². The lowest BCUT2D eigenvalue weighted by atomic mass is 10.1. The lowest BCUT2D eigenvalue weighted by molar-refractivity contribution is 0.320. The maximum atomic E-state index is 5.99. The summed E-state index contributed by atoms with van der Waals surface area (Å²) in [5.74, 6) is 1.62. The Labute approximate surface area is 164 Å². The van der Waals surface area contributed by atoms with Gasteiger partial charge < -0.3 is 9.32 Å². The molecule has 1 aliphatic rings. The van der Waals surface area contributed by atoms with Gasteiger partial charge in [-0.3, -0.25) is 4.90 Å². The number of hydrogen-bond donors (Lipinski definition) is 0. The molecule has 4 rings (SSSR count). The van der Waals surface area contributed by atoms with E-state index in [-0.39, 0.29) is 0 Å². The predicted molar refractivity (Wildman–Crippen MR) is 108 cm³/mol. The minimum Gasteiger partial charge on any atom is -0.420 e. The molecular weight excluding hydrogens is 360 g/mol. The Morgan fingerprint density at radius 3 is 2.52 bits per heavy atom. The molecule has 5 nitrogen and oxygen atoms in total. The smallest absolute Gasteiger partial charge is 0.247 e. The van der Waals surface area contributed by atoms with Gasteiger partial charge in [0.15, 0.2) is 0 Å². The number of anilines is 1. The van der Waals surface area contributed by atoms with E-state index in [0.717, 1.165) is 48.2 Å². The van der Waals surface area contributed by atoms with Crippen molar-refractivity contribution in [3.05, 3.63) is 65.0 Å². The Bertz CT molecular complexity index is 889. The van der Waals surface area contributed by atoms with Crippen LogP contribution >= 0.6 is 11.6 Å². The first kappa shape index (κ1) is 18.0. The zero-order valence-electron chi connectivity index (χ0n) is 15.6. The molecule has 1 aromatic heterocycles. The third kappa shape index (κ3) is 4.15. The molecule has 0 N–H and O–H groups in total. The summed E-state index contributed by atoms with van der Waals surface area (Å²) < 4.78 is 5.99. The molecule has 0 amide bonds. The number of hydrogen-bond acceptors (Lipinski definition) is 5. The maximum absolute atomic E-state index is 5.99. The number of aromatic nitrogens is 2. The number of benzene rings is 2. The van der Waals surface area contributed by atoms with Crippen LogP contribution in [0.2, 0.25) is 5.02 Å². The molecule has 1 fully saturated rings. The van der Waals surface area contributed by atoms with Crippen molar-refractivity contribution in [2.45, 2.75) is 18.9 Å². The second-order valence-corrected chi connectivity index (χ2v) is 7.67. The van der Waals surface area contributed by atoms with Gasteiger partial charge in [-0.25, -0.2) is 0 Å². The Hall–Kier alpha value is -2.37. The normalized spacial score (nSPS) is 17.4. The summed E-state index contributed by atoms with van der Waals surface area (Å²) in [5.41, 5.74) is 3.37. The van der Waals surface area contributed by atoms with Crippen LogP contribution in [-0.2, 0) is 6.54 Å². The number of rotatable bonds is 5. The van der Waals surface area contributed by atoms with Gasteiger partial charge in [-0.05, 0) is 54.9 Å². The molecule has 0 bridgehead atoms. The molecule has 2 aromatic carbocycles. The molecule has 0 unspecified atom stereocenters. The fourth-order valence-corrected chi connectivity index (χ4v) is 3.57. The molecule has 0 radical (unpaired) electrons. The van der Waals surface area contributed by atoms with Gasteiger partial charge in [0, 0.05) is 43.5 Å². The Balaban J connectivity index is 1.40. The van der Waals surface area contributed by atoms with Gasteiger partial charge in [-0.1, -0.05) is 23.7 Å². The van der Waals surface area contributed by atoms with Gasteiger partial charge >= 0.3 is 0 Å². The molecule has 0 spiro atoms. The van der Waals surface area contributed by atoms with Crippen molar-refractivity contribution < 1.29 is 4.42 Å². The van der Waals surface area contributed by atoms with Gasteiger partial charge in [0.1, 0.15) is 0 Å². The molecule has 1 saturated heterocycles. The summed E-state index contributed by atoms with van der Waals surface area (Å²) >= 11 is 5.96. The molecule has 1 atom stereocenters. The van der Waals surface area contributed by atoms with Crippen LogP contribution in [0.3, 0.4) is 0 Å². The van der Waals surface area contributed by atoms with Crippen LogP contribution < -0.4 is 4.90 Å². The zero-order chi connectivity index (χ0) is 18.8. The number of halogens is 1. The van der Waals surface area contributed by atoms with E-state index in [2.05, 4.69) is 44.3 Å². The van der Waals surface area contributed by atoms with Gasteiger partial charge in [0.05, 0.1) is 5.92 Å². The average Bonchev–Trinajstić information content (AvgIpc) is 3.33. The van der Waals surface area contributed by atoms with Crippen LogP contribution in [0.15, 0.2) is 52.9 Å². The molecule has 2 heterocycles. The average molecular weight is 383 g/mol. The topological polar surface area (TPSA) is 45.4 Å². The third-order valence-electron chi connectivity index (χ3n) is 5.01. The Kier molecular flexibility index (Phi) is 5.14. The largest absolute Gasteiger partial charge is 0.420 e. The molecule has 0 saturated carbocycles. The Morgan fingerprint density at radius 1 is 1.07 bits per heavy atom. The number of nitrogens with zero attached hydrogens (tertiary/aromatic N) is 4. The quantitative estimate of drug-likeness (QED) is 0.652. The molecular formula is C21H23ClN4O. The van der Waals surface area contributed by atoms with E-state index in [1.54, 1.807) is 0 Å². The predicted octanol–water partition coefficient (Wildman–Crippen LogP) is 4.45. The van der Waals surface area contributed by atoms with Crippen LogP contribution in [0.1, 0.15) is 23.8 Å². The summed E-state index contributed by atoms with van der Waals surface area (Å²) in [6.45, 7) is 2.88. The fraction of sp³-hybridized carbons (Fsp3) is 0.333. The number of likely N-dealkylation sites (tertiary alicyclic amines) is 1. The first-order chi connectivity index (χ1) is 13.1. The van der Waals surface area contributed by atoms with Crippen LogP contribution in [0.5, 0.6) is 0 Å². The lowest BCUT2D eigenvalue weighted by Gasteiger charge is -2.15. The maximum Gasteiger partial charge on any atom is 0.247 e. The van der Waals surface area contributed by atoms with Gasteiger partial charge in [0.2, 0.25) is 11.8 Å². The van der Waals surface area contributed by atoms with Crippen molar-refractivity contribution in [3.63, 3.8) is 0 Å². The van der Waals surface area contributed by atoms with E-state index in [4.69, 9.17) is 16.0 Å². The van der Waals surface area contributed by atoms with Crippen molar-refractivity contribution in [2.24, 2.45) is 0 Å². The van der Waals surface area contributed by atoms with Crippen LogP contribution in [0.4, 0.5) is 5.69 Å². The highest BCUT2D eigenvalue weighted by Gasteiger charge is 2.28. The summed E-state index contributed by atoms with van der Waals surface area (Å²) in [5, 5.41) is 9.35. The summed E-state index contributed by atoms with van der Waals surface area (Å²) in [7, 11) is 4.05. The second-order valence-electron chi connectivity index (χ2n) is 7.23. The highest BCUT2D eigenvalue weighted by Crippen LogP contribution is 2.30. The monoisotopic (exact) mass is 382 g/mol. The van der Waals surface area contributed by atoms with Crippen molar-refractivity contribution in [1.29, 1.82) is 0 Å². The first-order valence-electron chi connectivity index (χ1n) is 9.16. The van der Waals surface area contributed by atoms with E-state index >= 15 is 0 Å². The van der Waals surface area contributed by atoms with Gasteiger partial charge in [0.25, 0.3) is 0 Å². The lowest BCUT2D eigenvalue weighted by Crippen LogP contribution is -2.19. The molecule has 3 aromatic rings. The standard InChI is InChI=1S/C21H23ClN4O/c1-25(2)19-9-5-16(6-10-19)20-23-24-21(27-20)17-11-12-26(14-17)13-15-3-7-18(22)8-4-15/h3-10,17H,11-14H2,1-2H3/t17-/m0/s1. The van der Waals surface area contributed by atoms with E-state index in [0.29, 0.717) is 11.8 Å². The highest BCUT2D eigenvalue weighted by atomic mass is 35.5. The molecule has 6 heteroatoms. The van der Waals surface area contributed by atoms with Crippen molar-refractivity contribution in [3.8, 4) is 11.5 Å². The third-order valence-corrected chi connectivity index (χ3v) is 5.26. The van der Waals surface area contributed by atoms with E-state index < -0.39 is 0 Å². The highest BCUT2D eigenvalue weighted by molar-refractivity contribution is 6.30. The fourth-order valence-electron chi connectivity index (χ4n) is 3.44. The SMILES string of the molecule is CN(C)c1ccc(-c2nnc([C@H]3CCN(Cc4ccc(Cl)cc4)C3)o2)cc1.